The van der Waals surface area contributed by atoms with Gasteiger partial charge < -0.3 is 5.32 Å². The lowest BCUT2D eigenvalue weighted by Gasteiger charge is -2.03. The van der Waals surface area contributed by atoms with Crippen molar-refractivity contribution in [1.82, 2.24) is 4.98 Å². The number of thiazole rings is 1. The fourth-order valence-corrected chi connectivity index (χ4v) is 3.41. The maximum Gasteiger partial charge on any atom is 0.260 e. The maximum absolute atomic E-state index is 13.7. The summed E-state index contributed by atoms with van der Waals surface area (Å²) < 4.78 is 26.6. The van der Waals surface area contributed by atoms with Gasteiger partial charge in [0.25, 0.3) is 5.91 Å². The Balaban J connectivity index is 1.54. The number of amides is 2. The smallest absolute Gasteiger partial charge is 0.260 e. The van der Waals surface area contributed by atoms with Crippen LogP contribution in [0.4, 0.5) is 19.6 Å². The number of hydrogen-bond acceptors (Lipinski definition) is 4. The Morgan fingerprint density at radius 3 is 2.85 bits per heavy atom. The minimum atomic E-state index is -0.935. The fourth-order valence-electron chi connectivity index (χ4n) is 2.69. The van der Waals surface area contributed by atoms with Crippen molar-refractivity contribution in [2.75, 3.05) is 10.6 Å². The molecule has 26 heavy (non-hydrogen) atoms. The van der Waals surface area contributed by atoms with Crippen LogP contribution in [0.1, 0.15) is 15.9 Å². The largest absolute Gasteiger partial charge is 0.326 e. The van der Waals surface area contributed by atoms with E-state index in [0.717, 1.165) is 28.9 Å². The molecule has 0 spiro atoms. The Labute approximate surface area is 150 Å². The first kappa shape index (κ1) is 16.3. The average molecular weight is 371 g/mol. The van der Waals surface area contributed by atoms with Crippen LogP contribution in [-0.2, 0) is 11.2 Å². The third-order valence-electron chi connectivity index (χ3n) is 3.93. The zero-order chi connectivity index (χ0) is 18.3. The highest BCUT2D eigenvalue weighted by Crippen LogP contribution is 2.31. The summed E-state index contributed by atoms with van der Waals surface area (Å²) in [5, 5.41) is 7.31. The number of carbonyl (C=O) groups is 2. The quantitative estimate of drug-likeness (QED) is 0.735. The second-order valence-corrected chi connectivity index (χ2v) is 6.57. The van der Waals surface area contributed by atoms with Gasteiger partial charge in [-0.05, 0) is 29.8 Å². The predicted octanol–water partition coefficient (Wildman–Crippen LogP) is 3.84. The average Bonchev–Trinajstić information content (AvgIpc) is 3.19. The van der Waals surface area contributed by atoms with Gasteiger partial charge in [-0.2, -0.15) is 0 Å². The van der Waals surface area contributed by atoms with Gasteiger partial charge in [0, 0.05) is 22.7 Å². The lowest BCUT2D eigenvalue weighted by molar-refractivity contribution is -0.115. The summed E-state index contributed by atoms with van der Waals surface area (Å²) in [5.41, 5.74) is 2.86. The van der Waals surface area contributed by atoms with Gasteiger partial charge in [0.2, 0.25) is 5.91 Å². The molecule has 0 radical (unpaired) electrons. The van der Waals surface area contributed by atoms with E-state index < -0.39 is 17.5 Å². The first-order valence-corrected chi connectivity index (χ1v) is 8.52. The summed E-state index contributed by atoms with van der Waals surface area (Å²) in [5.74, 6) is -2.44. The number of nitrogens with zero attached hydrogens (tertiary/aromatic N) is 1. The molecule has 0 unspecified atom stereocenters. The standard InChI is InChI=1S/C18H11F2N3O2S/c19-11-2-3-12(13(20)7-11)17(25)23-18-22-15(8-26-18)9-1-4-14-10(5-9)6-16(24)21-14/h1-5,7-8H,6H2,(H,21,24)(H,22,23,25). The third-order valence-corrected chi connectivity index (χ3v) is 4.68. The Morgan fingerprint density at radius 1 is 1.19 bits per heavy atom. The number of anilines is 2. The Kier molecular flexibility index (Phi) is 3.96. The second-order valence-electron chi connectivity index (χ2n) is 5.71. The van der Waals surface area contributed by atoms with Gasteiger partial charge >= 0.3 is 0 Å². The molecule has 2 N–H and O–H groups in total. The van der Waals surface area contributed by atoms with Gasteiger partial charge in [0.15, 0.2) is 5.13 Å². The van der Waals surface area contributed by atoms with Gasteiger partial charge in [0.1, 0.15) is 11.6 Å². The first-order valence-electron chi connectivity index (χ1n) is 7.65. The Bertz CT molecular complexity index is 1050. The molecule has 1 aliphatic rings. The maximum atomic E-state index is 13.7. The summed E-state index contributed by atoms with van der Waals surface area (Å²) >= 11 is 1.19. The number of nitrogens with one attached hydrogen (secondary N) is 2. The summed E-state index contributed by atoms with van der Waals surface area (Å²) in [6.45, 7) is 0. The number of rotatable bonds is 3. The Hall–Kier alpha value is -3.13. The molecule has 5 nitrogen and oxygen atoms in total. The van der Waals surface area contributed by atoms with Crippen LogP contribution in [0.15, 0.2) is 41.8 Å². The summed E-state index contributed by atoms with van der Waals surface area (Å²) in [4.78, 5) is 27.9. The molecule has 0 saturated heterocycles. The van der Waals surface area contributed by atoms with E-state index >= 15 is 0 Å². The van der Waals surface area contributed by atoms with Crippen LogP contribution in [0.2, 0.25) is 0 Å². The van der Waals surface area contributed by atoms with Crippen molar-refractivity contribution in [3.8, 4) is 11.3 Å². The van der Waals surface area contributed by atoms with Gasteiger partial charge in [-0.25, -0.2) is 13.8 Å². The van der Waals surface area contributed by atoms with Crippen LogP contribution >= 0.6 is 11.3 Å². The van der Waals surface area contributed by atoms with Crippen LogP contribution < -0.4 is 10.6 Å². The molecule has 3 aromatic rings. The normalized spacial score (nSPS) is 12.6. The van der Waals surface area contributed by atoms with Gasteiger partial charge in [-0.1, -0.05) is 6.07 Å². The third kappa shape index (κ3) is 3.06. The number of aromatic nitrogens is 1. The van der Waals surface area contributed by atoms with E-state index in [-0.39, 0.29) is 11.5 Å². The van der Waals surface area contributed by atoms with Crippen LogP contribution in [-0.4, -0.2) is 16.8 Å². The number of carbonyl (C=O) groups excluding carboxylic acids is 2. The minimum Gasteiger partial charge on any atom is -0.326 e. The molecule has 0 aliphatic carbocycles. The summed E-state index contributed by atoms with van der Waals surface area (Å²) in [6, 6.07) is 8.26. The van der Waals surface area contributed by atoms with Crippen LogP contribution in [0, 0.1) is 11.6 Å². The van der Waals surface area contributed by atoms with Crippen LogP contribution in [0.3, 0.4) is 0 Å². The highest BCUT2D eigenvalue weighted by Gasteiger charge is 2.19. The highest BCUT2D eigenvalue weighted by atomic mass is 32.1. The van der Waals surface area contributed by atoms with E-state index in [1.165, 1.54) is 11.3 Å². The van der Waals surface area contributed by atoms with Crippen molar-refractivity contribution in [2.45, 2.75) is 6.42 Å². The Morgan fingerprint density at radius 2 is 2.04 bits per heavy atom. The zero-order valence-corrected chi connectivity index (χ0v) is 14.0. The van der Waals surface area contributed by atoms with Crippen LogP contribution in [0.5, 0.6) is 0 Å². The molecule has 0 saturated carbocycles. The van der Waals surface area contributed by atoms with Crippen molar-refractivity contribution in [2.24, 2.45) is 0 Å². The molecule has 130 valence electrons. The topological polar surface area (TPSA) is 71.1 Å². The molecule has 4 rings (SSSR count). The van der Waals surface area contributed by atoms with E-state index in [2.05, 4.69) is 15.6 Å². The number of hydrogen-bond donors (Lipinski definition) is 2. The van der Waals surface area contributed by atoms with E-state index in [9.17, 15) is 18.4 Å². The first-order chi connectivity index (χ1) is 12.5. The molecular formula is C18H11F2N3O2S. The predicted molar refractivity (Wildman–Crippen MR) is 94.2 cm³/mol. The number of halogens is 2. The SMILES string of the molecule is O=C1Cc2cc(-c3csc(NC(=O)c4ccc(F)cc4F)n3)ccc2N1. The van der Waals surface area contributed by atoms with Crippen LogP contribution in [0.25, 0.3) is 11.3 Å². The van der Waals surface area contributed by atoms with E-state index in [0.29, 0.717) is 23.3 Å². The van der Waals surface area contributed by atoms with Gasteiger partial charge in [-0.15, -0.1) is 11.3 Å². The second kappa shape index (κ2) is 6.30. The van der Waals surface area contributed by atoms with Crippen molar-refractivity contribution in [3.63, 3.8) is 0 Å². The van der Waals surface area contributed by atoms with E-state index in [1.54, 1.807) is 11.4 Å². The minimum absolute atomic E-state index is 0.0512. The molecule has 1 aliphatic heterocycles. The monoisotopic (exact) mass is 371 g/mol. The van der Waals surface area contributed by atoms with Gasteiger partial charge in [0.05, 0.1) is 17.7 Å². The molecule has 0 atom stereocenters. The molecule has 2 amide bonds. The molecule has 1 aromatic heterocycles. The molecule has 0 bridgehead atoms. The highest BCUT2D eigenvalue weighted by molar-refractivity contribution is 7.14. The van der Waals surface area contributed by atoms with E-state index in [1.807, 2.05) is 12.1 Å². The van der Waals surface area contributed by atoms with Crippen molar-refractivity contribution >= 4 is 34.0 Å². The van der Waals surface area contributed by atoms with Crippen molar-refractivity contribution in [3.05, 3.63) is 64.5 Å². The lowest BCUT2D eigenvalue weighted by Crippen LogP contribution is -2.13. The lowest BCUT2D eigenvalue weighted by atomic mass is 10.1. The molecule has 0 fully saturated rings. The summed E-state index contributed by atoms with van der Waals surface area (Å²) in [7, 11) is 0. The number of benzene rings is 2. The molecular weight excluding hydrogens is 360 g/mol. The van der Waals surface area contributed by atoms with Crippen molar-refractivity contribution in [1.29, 1.82) is 0 Å². The van der Waals surface area contributed by atoms with Crippen molar-refractivity contribution < 1.29 is 18.4 Å². The summed E-state index contributed by atoms with van der Waals surface area (Å²) in [6.07, 6.45) is 0.320. The van der Waals surface area contributed by atoms with E-state index in [4.69, 9.17) is 0 Å². The molecule has 8 heteroatoms. The van der Waals surface area contributed by atoms with Gasteiger partial charge in [-0.3, -0.25) is 14.9 Å². The zero-order valence-electron chi connectivity index (χ0n) is 13.2. The number of fused-ring (bicyclic) bond motifs is 1. The molecule has 2 heterocycles. The fraction of sp³-hybridized carbons (Fsp3) is 0.0556. The molecule has 2 aromatic carbocycles.